The van der Waals surface area contributed by atoms with E-state index in [9.17, 15) is 13.2 Å². The molecule has 1 amide bonds. The number of fused-ring (bicyclic) bond motifs is 1. The molecule has 45 heavy (non-hydrogen) atoms. The maximum atomic E-state index is 14.5. The van der Waals surface area contributed by atoms with Gasteiger partial charge in [-0.05, 0) is 70.8 Å². The van der Waals surface area contributed by atoms with Gasteiger partial charge in [-0.3, -0.25) is 9.63 Å². The van der Waals surface area contributed by atoms with Gasteiger partial charge < -0.3 is 4.74 Å². The van der Waals surface area contributed by atoms with Crippen molar-refractivity contribution in [3.63, 3.8) is 0 Å². The summed E-state index contributed by atoms with van der Waals surface area (Å²) < 4.78 is 35.7. The summed E-state index contributed by atoms with van der Waals surface area (Å²) >= 11 is 1.54. The minimum Gasteiger partial charge on any atom is -0.497 e. The van der Waals surface area contributed by atoms with Gasteiger partial charge in [-0.15, -0.1) is 11.3 Å². The molecule has 0 saturated heterocycles. The highest BCUT2D eigenvalue weighted by Crippen LogP contribution is 2.42. The molecule has 9 heteroatoms. The lowest BCUT2D eigenvalue weighted by atomic mass is 9.92. The zero-order valence-electron chi connectivity index (χ0n) is 24.8. The fourth-order valence-corrected chi connectivity index (χ4v) is 8.60. The summed E-state index contributed by atoms with van der Waals surface area (Å²) in [6, 6.07) is 35.9. The topological polar surface area (TPSA) is 84.9 Å². The summed E-state index contributed by atoms with van der Waals surface area (Å²) in [5, 5.41) is 1.97. The number of ether oxygens (including phenoxy) is 1. The molecular weight excluding hydrogens is 605 g/mol. The van der Waals surface area contributed by atoms with E-state index in [0.29, 0.717) is 18.6 Å². The number of carbonyl (C=O) groups is 1. The van der Waals surface area contributed by atoms with E-state index < -0.39 is 34.1 Å². The average molecular weight is 639 g/mol. The highest BCUT2D eigenvalue weighted by molar-refractivity contribution is 7.89. The van der Waals surface area contributed by atoms with Crippen LogP contribution in [-0.2, 0) is 32.5 Å². The van der Waals surface area contributed by atoms with Crippen molar-refractivity contribution < 1.29 is 22.8 Å². The molecule has 6 rings (SSSR count). The van der Waals surface area contributed by atoms with Crippen molar-refractivity contribution in [2.75, 3.05) is 7.11 Å². The Bertz CT molecular complexity index is 1770. The van der Waals surface area contributed by atoms with Crippen LogP contribution >= 0.6 is 11.3 Å². The number of methoxy groups -OCH3 is 1. The third kappa shape index (κ3) is 6.72. The Balaban J connectivity index is 1.35. The van der Waals surface area contributed by atoms with Gasteiger partial charge in [0, 0.05) is 11.3 Å². The molecule has 0 spiro atoms. The van der Waals surface area contributed by atoms with Crippen LogP contribution in [0.4, 0.5) is 0 Å². The molecule has 2 heterocycles. The van der Waals surface area contributed by atoms with Crippen LogP contribution in [0, 0.1) is 0 Å². The molecule has 0 aliphatic carbocycles. The largest absolute Gasteiger partial charge is 0.497 e. The van der Waals surface area contributed by atoms with Crippen molar-refractivity contribution in [1.82, 2.24) is 9.79 Å². The number of thiophene rings is 1. The van der Waals surface area contributed by atoms with Crippen molar-refractivity contribution in [2.24, 2.45) is 0 Å². The molecular formula is C36H34N2O5S2. The SMILES string of the molecule is COc1ccc(S(=O)(=O)N2[C@H](C(=O)NOC(c3ccccc3)c3ccccc3)Cc3sccc3[C@@H]2CCc2ccccc2)cc1. The van der Waals surface area contributed by atoms with Gasteiger partial charge in [-0.1, -0.05) is 91.0 Å². The van der Waals surface area contributed by atoms with Gasteiger partial charge in [0.1, 0.15) is 17.9 Å². The van der Waals surface area contributed by atoms with Gasteiger partial charge in [0.05, 0.1) is 18.0 Å². The monoisotopic (exact) mass is 638 g/mol. The molecule has 1 aliphatic rings. The van der Waals surface area contributed by atoms with Gasteiger partial charge in [0.15, 0.2) is 0 Å². The Labute approximate surface area is 268 Å². The fraction of sp³-hybridized carbons (Fsp3) is 0.194. The predicted molar refractivity (Wildman–Crippen MR) is 175 cm³/mol. The van der Waals surface area contributed by atoms with Crippen LogP contribution < -0.4 is 10.2 Å². The van der Waals surface area contributed by atoms with Gasteiger partial charge >= 0.3 is 0 Å². The normalized spacial score (nSPS) is 16.7. The van der Waals surface area contributed by atoms with E-state index in [1.165, 1.54) is 23.5 Å². The number of aryl methyl sites for hydroxylation is 1. The van der Waals surface area contributed by atoms with Gasteiger partial charge in [-0.25, -0.2) is 13.9 Å². The second-order valence-electron chi connectivity index (χ2n) is 10.9. The van der Waals surface area contributed by atoms with E-state index in [2.05, 4.69) is 5.48 Å². The molecule has 0 bridgehead atoms. The van der Waals surface area contributed by atoms with Gasteiger partial charge in [-0.2, -0.15) is 4.31 Å². The Morgan fingerprint density at radius 2 is 1.47 bits per heavy atom. The smallest absolute Gasteiger partial charge is 0.262 e. The van der Waals surface area contributed by atoms with Crippen LogP contribution in [0.15, 0.2) is 132 Å². The van der Waals surface area contributed by atoms with E-state index in [1.807, 2.05) is 102 Å². The van der Waals surface area contributed by atoms with Crippen LogP contribution in [0.2, 0.25) is 0 Å². The first-order chi connectivity index (χ1) is 22.0. The number of benzene rings is 4. The highest BCUT2D eigenvalue weighted by Gasteiger charge is 2.46. The van der Waals surface area contributed by atoms with E-state index in [1.54, 1.807) is 23.5 Å². The van der Waals surface area contributed by atoms with Crippen LogP contribution in [0.5, 0.6) is 5.75 Å². The fourth-order valence-electron chi connectivity index (χ4n) is 5.85. The number of hydrogen-bond donors (Lipinski definition) is 1. The number of rotatable bonds is 11. The van der Waals surface area contributed by atoms with Gasteiger partial charge in [0.2, 0.25) is 10.0 Å². The lowest BCUT2D eigenvalue weighted by Gasteiger charge is -2.40. The highest BCUT2D eigenvalue weighted by atomic mass is 32.2. The third-order valence-corrected chi connectivity index (χ3v) is 11.0. The molecule has 0 fully saturated rings. The van der Waals surface area contributed by atoms with Crippen LogP contribution in [0.3, 0.4) is 0 Å². The lowest BCUT2D eigenvalue weighted by Crippen LogP contribution is -2.54. The molecule has 0 unspecified atom stereocenters. The number of hydrogen-bond acceptors (Lipinski definition) is 6. The Morgan fingerprint density at radius 3 is 2.07 bits per heavy atom. The minimum absolute atomic E-state index is 0.0943. The molecule has 0 saturated carbocycles. The number of carbonyl (C=O) groups excluding carboxylic acids is 1. The van der Waals surface area contributed by atoms with Crippen LogP contribution in [0.1, 0.15) is 45.7 Å². The molecule has 1 aromatic heterocycles. The zero-order chi connectivity index (χ0) is 31.2. The van der Waals surface area contributed by atoms with Crippen molar-refractivity contribution in [2.45, 2.75) is 42.3 Å². The first kappa shape index (κ1) is 30.7. The van der Waals surface area contributed by atoms with E-state index >= 15 is 0 Å². The molecule has 2 atom stereocenters. The second-order valence-corrected chi connectivity index (χ2v) is 13.7. The first-order valence-corrected chi connectivity index (χ1v) is 17.1. The zero-order valence-corrected chi connectivity index (χ0v) is 26.4. The maximum absolute atomic E-state index is 14.5. The number of nitrogens with zero attached hydrogens (tertiary/aromatic N) is 1. The molecule has 5 aromatic rings. The summed E-state index contributed by atoms with van der Waals surface area (Å²) in [6.07, 6.45) is 0.799. The van der Waals surface area contributed by atoms with Crippen LogP contribution in [0.25, 0.3) is 0 Å². The lowest BCUT2D eigenvalue weighted by molar-refractivity contribution is -0.141. The molecule has 4 aromatic carbocycles. The van der Waals surface area contributed by atoms with Crippen molar-refractivity contribution >= 4 is 27.3 Å². The van der Waals surface area contributed by atoms with Gasteiger partial charge in [0.25, 0.3) is 5.91 Å². The Kier molecular flexibility index (Phi) is 9.42. The van der Waals surface area contributed by atoms with Crippen molar-refractivity contribution in [1.29, 1.82) is 0 Å². The number of hydroxylamine groups is 1. The number of nitrogens with one attached hydrogen (secondary N) is 1. The molecule has 0 radical (unpaired) electrons. The standard InChI is InChI=1S/C36H34N2O5S2/c1-42-29-18-20-30(21-19-29)45(40,41)38-32(22-17-26-11-5-2-6-12-26)31-23-24-44-34(31)25-33(38)36(39)37-43-35(27-13-7-3-8-14-27)28-15-9-4-10-16-28/h2-16,18-21,23-24,32-33,35H,17,22,25H2,1H3,(H,37,39)/t32-,33-/m0/s1. The summed E-state index contributed by atoms with van der Waals surface area (Å²) in [4.78, 5) is 21.4. The predicted octanol–water partition coefficient (Wildman–Crippen LogP) is 6.88. The molecule has 1 N–H and O–H groups in total. The average Bonchev–Trinajstić information content (AvgIpc) is 3.57. The minimum atomic E-state index is -4.13. The molecule has 230 valence electrons. The number of sulfonamides is 1. The third-order valence-electron chi connectivity index (χ3n) is 8.10. The quantitative estimate of drug-likeness (QED) is 0.160. The molecule has 7 nitrogen and oxygen atoms in total. The Morgan fingerprint density at radius 1 is 0.867 bits per heavy atom. The van der Waals surface area contributed by atoms with E-state index in [4.69, 9.17) is 9.57 Å². The summed E-state index contributed by atoms with van der Waals surface area (Å²) in [7, 11) is -2.60. The Hall–Kier alpha value is -4.28. The second kappa shape index (κ2) is 13.8. The van der Waals surface area contributed by atoms with Crippen molar-refractivity contribution in [3.05, 3.63) is 154 Å². The molecule has 1 aliphatic heterocycles. The van der Waals surface area contributed by atoms with E-state index in [-0.39, 0.29) is 11.3 Å². The first-order valence-electron chi connectivity index (χ1n) is 14.8. The van der Waals surface area contributed by atoms with Crippen LogP contribution in [-0.4, -0.2) is 31.8 Å². The van der Waals surface area contributed by atoms with E-state index in [0.717, 1.165) is 27.1 Å². The number of amides is 1. The van der Waals surface area contributed by atoms with Crippen molar-refractivity contribution in [3.8, 4) is 5.75 Å². The maximum Gasteiger partial charge on any atom is 0.262 e. The summed E-state index contributed by atoms with van der Waals surface area (Å²) in [6.45, 7) is 0. The summed E-state index contributed by atoms with van der Waals surface area (Å²) in [5.74, 6) is 0.0246. The summed E-state index contributed by atoms with van der Waals surface area (Å²) in [5.41, 5.74) is 6.43.